The second-order valence-corrected chi connectivity index (χ2v) is 3.07. The molecule has 1 radical (unpaired) electrons. The highest BCUT2D eigenvalue weighted by atomic mass is 13.9. The fourth-order valence-corrected chi connectivity index (χ4v) is 0.981. The van der Waals surface area contributed by atoms with Crippen molar-refractivity contribution in [3.05, 3.63) is 55.5 Å². The van der Waals surface area contributed by atoms with E-state index in [0.29, 0.717) is 0 Å². The van der Waals surface area contributed by atoms with Gasteiger partial charge in [0.1, 0.15) is 0 Å². The van der Waals surface area contributed by atoms with Crippen LogP contribution < -0.4 is 0 Å². The van der Waals surface area contributed by atoms with Crippen molar-refractivity contribution in [1.82, 2.24) is 0 Å². The molecule has 0 amide bonds. The molecule has 0 aliphatic rings. The molecular weight excluding hydrogens is 168 g/mol. The van der Waals surface area contributed by atoms with Gasteiger partial charge in [-0.1, -0.05) is 68.4 Å². The molecule has 0 bridgehead atoms. The lowest BCUT2D eigenvalue weighted by molar-refractivity contribution is 0.760. The summed E-state index contributed by atoms with van der Waals surface area (Å²) in [5, 5.41) is 0. The zero-order valence-electron chi connectivity index (χ0n) is 9.15. The van der Waals surface area contributed by atoms with Crippen LogP contribution in [0.25, 0.3) is 0 Å². The first-order chi connectivity index (χ1) is 6.91. The molecule has 0 rings (SSSR count). The number of allylic oxidation sites excluding steroid dienone is 8. The largest absolute Gasteiger partial charge is 0.0877 e. The van der Waals surface area contributed by atoms with E-state index in [9.17, 15) is 0 Å². The van der Waals surface area contributed by atoms with Crippen LogP contribution in [0.2, 0.25) is 0 Å². The van der Waals surface area contributed by atoms with Gasteiger partial charge in [0.05, 0.1) is 0 Å². The van der Waals surface area contributed by atoms with Crippen LogP contribution >= 0.6 is 0 Å². The highest BCUT2D eigenvalue weighted by Crippen LogP contribution is 1.99. The molecule has 0 heterocycles. The Bertz CT molecular complexity index is 204. The lowest BCUT2D eigenvalue weighted by Crippen LogP contribution is -1.69. The zero-order valence-corrected chi connectivity index (χ0v) is 9.15. The first kappa shape index (κ1) is 13.0. The Morgan fingerprint density at radius 3 is 2.14 bits per heavy atom. The van der Waals surface area contributed by atoms with E-state index >= 15 is 0 Å². The van der Waals surface area contributed by atoms with E-state index in [1.54, 1.807) is 0 Å². The Hall–Kier alpha value is -1.04. The van der Waals surface area contributed by atoms with Gasteiger partial charge in [0.15, 0.2) is 0 Å². The normalized spacial score (nSPS) is 13.0. The number of unbranched alkanes of at least 4 members (excludes halogenated alkanes) is 3. The van der Waals surface area contributed by atoms with E-state index in [1.165, 1.54) is 19.3 Å². The van der Waals surface area contributed by atoms with Crippen molar-refractivity contribution in [2.24, 2.45) is 0 Å². The molecule has 0 saturated carbocycles. The number of rotatable bonds is 7. The molecule has 0 heteroatoms. The number of hydrogen-bond acceptors (Lipinski definition) is 0. The first-order valence-electron chi connectivity index (χ1n) is 5.32. The van der Waals surface area contributed by atoms with Crippen LogP contribution in [0, 0.1) is 6.92 Å². The molecule has 0 aromatic heterocycles. The Morgan fingerprint density at radius 2 is 1.50 bits per heavy atom. The van der Waals surface area contributed by atoms with Crippen molar-refractivity contribution in [2.45, 2.75) is 32.6 Å². The zero-order chi connectivity index (χ0) is 10.5. The van der Waals surface area contributed by atoms with E-state index in [4.69, 9.17) is 0 Å². The highest BCUT2D eigenvalue weighted by Gasteiger charge is 1.79. The van der Waals surface area contributed by atoms with Crippen LogP contribution in [-0.2, 0) is 0 Å². The molecule has 77 valence electrons. The van der Waals surface area contributed by atoms with Gasteiger partial charge in [-0.3, -0.25) is 0 Å². The summed E-state index contributed by atoms with van der Waals surface area (Å²) < 4.78 is 0. The summed E-state index contributed by atoms with van der Waals surface area (Å²) in [6.45, 7) is 5.82. The van der Waals surface area contributed by atoms with Crippen molar-refractivity contribution in [2.75, 3.05) is 0 Å². The monoisotopic (exact) mass is 189 g/mol. The maximum atomic E-state index is 3.81. The van der Waals surface area contributed by atoms with Gasteiger partial charge in [0.2, 0.25) is 0 Å². The topological polar surface area (TPSA) is 0 Å². The molecule has 0 atom stereocenters. The molecule has 0 aliphatic heterocycles. The molecule has 0 spiro atoms. The smallest absolute Gasteiger partial charge is 0.0348 e. The van der Waals surface area contributed by atoms with Gasteiger partial charge in [0.25, 0.3) is 0 Å². The molecule has 0 fully saturated rings. The Balaban J connectivity index is 3.41. The van der Waals surface area contributed by atoms with E-state index in [1.807, 2.05) is 37.3 Å². The third-order valence-corrected chi connectivity index (χ3v) is 1.75. The SMILES string of the molecule is [CH2]CCCC/C=C/C=C/C=C/C=C/C. The lowest BCUT2D eigenvalue weighted by atomic mass is 10.2. The van der Waals surface area contributed by atoms with Gasteiger partial charge in [-0.15, -0.1) is 0 Å². The third kappa shape index (κ3) is 11.0. The maximum absolute atomic E-state index is 3.81. The van der Waals surface area contributed by atoms with Gasteiger partial charge < -0.3 is 0 Å². The fourth-order valence-electron chi connectivity index (χ4n) is 0.981. The van der Waals surface area contributed by atoms with Gasteiger partial charge in [-0.05, 0) is 19.8 Å². The van der Waals surface area contributed by atoms with Crippen LogP contribution in [-0.4, -0.2) is 0 Å². The molecule has 14 heavy (non-hydrogen) atoms. The molecule has 0 aromatic carbocycles. The Morgan fingerprint density at radius 1 is 0.857 bits per heavy atom. The second-order valence-electron chi connectivity index (χ2n) is 3.07. The summed E-state index contributed by atoms with van der Waals surface area (Å²) in [5.74, 6) is 0. The number of hydrogen-bond donors (Lipinski definition) is 0. The van der Waals surface area contributed by atoms with Crippen molar-refractivity contribution < 1.29 is 0 Å². The van der Waals surface area contributed by atoms with Crippen LogP contribution in [0.4, 0.5) is 0 Å². The molecule has 0 unspecified atom stereocenters. The maximum Gasteiger partial charge on any atom is -0.0348 e. The third-order valence-electron chi connectivity index (χ3n) is 1.75. The summed E-state index contributed by atoms with van der Waals surface area (Å²) in [7, 11) is 0. The van der Waals surface area contributed by atoms with Gasteiger partial charge in [0, 0.05) is 0 Å². The minimum Gasteiger partial charge on any atom is -0.0877 e. The summed E-state index contributed by atoms with van der Waals surface area (Å²) >= 11 is 0. The minimum absolute atomic E-state index is 1.05. The lowest BCUT2D eigenvalue weighted by Gasteiger charge is -1.89. The van der Waals surface area contributed by atoms with Gasteiger partial charge in [-0.25, -0.2) is 0 Å². The van der Waals surface area contributed by atoms with E-state index in [2.05, 4.69) is 25.2 Å². The van der Waals surface area contributed by atoms with Gasteiger partial charge in [-0.2, -0.15) is 0 Å². The first-order valence-corrected chi connectivity index (χ1v) is 5.32. The van der Waals surface area contributed by atoms with E-state index in [0.717, 1.165) is 6.42 Å². The van der Waals surface area contributed by atoms with Crippen LogP contribution in [0.15, 0.2) is 48.6 Å². The van der Waals surface area contributed by atoms with Crippen LogP contribution in [0.3, 0.4) is 0 Å². The van der Waals surface area contributed by atoms with Gasteiger partial charge >= 0.3 is 0 Å². The molecule has 0 N–H and O–H groups in total. The Labute approximate surface area is 88.7 Å². The fraction of sp³-hybridized carbons (Fsp3) is 0.357. The molecule has 0 saturated heterocycles. The second kappa shape index (κ2) is 12.0. The summed E-state index contributed by atoms with van der Waals surface area (Å²) in [6.07, 6.45) is 21.2. The highest BCUT2D eigenvalue weighted by molar-refractivity contribution is 5.14. The molecule has 0 aromatic rings. The standard InChI is InChI=1S/C14H21/c1-3-5-7-9-11-13-14-12-10-8-6-4-2/h4,6,8,10-14H,1,3,5,7,9H2,2H3/b6-4+,10-8+,13-11+,14-12+. The average Bonchev–Trinajstić information content (AvgIpc) is 2.21. The van der Waals surface area contributed by atoms with Crippen molar-refractivity contribution in [1.29, 1.82) is 0 Å². The summed E-state index contributed by atoms with van der Waals surface area (Å²) in [4.78, 5) is 0. The summed E-state index contributed by atoms with van der Waals surface area (Å²) in [5.41, 5.74) is 0. The minimum atomic E-state index is 1.05. The predicted molar refractivity (Wildman–Crippen MR) is 66.1 cm³/mol. The van der Waals surface area contributed by atoms with Crippen molar-refractivity contribution in [3.8, 4) is 0 Å². The van der Waals surface area contributed by atoms with E-state index in [-0.39, 0.29) is 0 Å². The Kier molecular flexibility index (Phi) is 11.1. The predicted octanol–water partition coefficient (Wildman–Crippen LogP) is 4.63. The van der Waals surface area contributed by atoms with Crippen molar-refractivity contribution >= 4 is 0 Å². The van der Waals surface area contributed by atoms with E-state index < -0.39 is 0 Å². The summed E-state index contributed by atoms with van der Waals surface area (Å²) in [6, 6.07) is 0. The molecule has 0 nitrogen and oxygen atoms in total. The van der Waals surface area contributed by atoms with Crippen LogP contribution in [0.1, 0.15) is 32.6 Å². The molecular formula is C14H21. The quantitative estimate of drug-likeness (QED) is 0.405. The average molecular weight is 189 g/mol. The molecule has 0 aliphatic carbocycles. The van der Waals surface area contributed by atoms with Crippen molar-refractivity contribution in [3.63, 3.8) is 0 Å². The van der Waals surface area contributed by atoms with Crippen LogP contribution in [0.5, 0.6) is 0 Å².